The third-order valence-corrected chi connectivity index (χ3v) is 5.72. The normalized spacial score (nSPS) is 12.7. The second kappa shape index (κ2) is 9.06. The van der Waals surface area contributed by atoms with E-state index in [9.17, 15) is 9.59 Å². The van der Waals surface area contributed by atoms with E-state index >= 15 is 0 Å². The maximum absolute atomic E-state index is 12.6. The third kappa shape index (κ3) is 4.54. The summed E-state index contributed by atoms with van der Waals surface area (Å²) in [5, 5.41) is 4.04. The van der Waals surface area contributed by atoms with Crippen molar-refractivity contribution in [2.24, 2.45) is 5.10 Å². The topological polar surface area (TPSA) is 71.0 Å². The monoisotopic (exact) mass is 427 g/mol. The van der Waals surface area contributed by atoms with Gasteiger partial charge in [-0.2, -0.15) is 5.10 Å². The van der Waals surface area contributed by atoms with Crippen LogP contribution in [0, 0.1) is 13.8 Å². The molecular formula is C26H25N3O3. The fourth-order valence-electron chi connectivity index (χ4n) is 3.78. The number of ether oxygens (including phenoxy) is 1. The number of methoxy groups -OCH3 is 1. The van der Waals surface area contributed by atoms with E-state index in [0.29, 0.717) is 11.1 Å². The number of carbonyl (C=O) groups is 2. The average molecular weight is 428 g/mol. The Kier molecular flexibility index (Phi) is 6.03. The summed E-state index contributed by atoms with van der Waals surface area (Å²) < 4.78 is 4.68. The van der Waals surface area contributed by atoms with Crippen molar-refractivity contribution in [3.05, 3.63) is 99.6 Å². The van der Waals surface area contributed by atoms with Crippen LogP contribution in [0.25, 0.3) is 0 Å². The number of fused-ring (bicyclic) bond motifs is 1. The lowest BCUT2D eigenvalue weighted by Crippen LogP contribution is -2.19. The summed E-state index contributed by atoms with van der Waals surface area (Å²) in [5.41, 5.74) is 10.6. The summed E-state index contributed by atoms with van der Waals surface area (Å²) in [6.45, 7) is 5.94. The number of nitrogens with one attached hydrogen (secondary N) is 1. The summed E-state index contributed by atoms with van der Waals surface area (Å²) in [6, 6.07) is 18.9. The molecule has 4 rings (SSSR count). The van der Waals surface area contributed by atoms with Gasteiger partial charge in [-0.1, -0.05) is 30.3 Å². The molecule has 0 radical (unpaired) electrons. The Balaban J connectivity index is 1.40. The molecule has 0 saturated carbocycles. The molecule has 0 saturated heterocycles. The molecular weight excluding hydrogens is 402 g/mol. The Morgan fingerprint density at radius 1 is 0.938 bits per heavy atom. The molecule has 1 amide bonds. The Morgan fingerprint density at radius 2 is 1.59 bits per heavy atom. The van der Waals surface area contributed by atoms with Crippen molar-refractivity contribution in [2.45, 2.75) is 26.9 Å². The molecule has 3 aromatic rings. The van der Waals surface area contributed by atoms with Crippen molar-refractivity contribution in [3.8, 4) is 0 Å². The Morgan fingerprint density at radius 3 is 2.22 bits per heavy atom. The second-order valence-electron chi connectivity index (χ2n) is 7.92. The van der Waals surface area contributed by atoms with Crippen molar-refractivity contribution in [3.63, 3.8) is 0 Å². The quantitative estimate of drug-likeness (QED) is 0.373. The van der Waals surface area contributed by atoms with Gasteiger partial charge < -0.3 is 9.64 Å². The Hall–Kier alpha value is -3.93. The summed E-state index contributed by atoms with van der Waals surface area (Å²) in [7, 11) is 1.34. The van der Waals surface area contributed by atoms with E-state index in [1.54, 1.807) is 30.3 Å². The molecule has 1 aliphatic heterocycles. The van der Waals surface area contributed by atoms with E-state index in [1.165, 1.54) is 35.6 Å². The van der Waals surface area contributed by atoms with Gasteiger partial charge >= 0.3 is 5.97 Å². The molecule has 1 aliphatic rings. The zero-order valence-electron chi connectivity index (χ0n) is 18.4. The highest BCUT2D eigenvalue weighted by molar-refractivity contribution is 5.96. The number of benzene rings is 3. The van der Waals surface area contributed by atoms with Crippen LogP contribution in [0.4, 0.5) is 5.69 Å². The molecule has 0 bridgehead atoms. The van der Waals surface area contributed by atoms with Gasteiger partial charge in [0.05, 0.1) is 18.9 Å². The zero-order valence-corrected chi connectivity index (χ0v) is 18.4. The van der Waals surface area contributed by atoms with E-state index in [2.05, 4.69) is 46.1 Å². The van der Waals surface area contributed by atoms with Crippen molar-refractivity contribution < 1.29 is 14.3 Å². The minimum Gasteiger partial charge on any atom is -0.465 e. The van der Waals surface area contributed by atoms with Crippen LogP contribution >= 0.6 is 0 Å². The lowest BCUT2D eigenvalue weighted by molar-refractivity contribution is 0.0600. The van der Waals surface area contributed by atoms with E-state index in [0.717, 1.165) is 24.3 Å². The van der Waals surface area contributed by atoms with Gasteiger partial charge in [-0.15, -0.1) is 0 Å². The summed E-state index contributed by atoms with van der Waals surface area (Å²) in [4.78, 5) is 26.3. The van der Waals surface area contributed by atoms with E-state index in [1.807, 2.05) is 18.2 Å². The molecule has 6 heteroatoms. The maximum atomic E-state index is 12.6. The van der Waals surface area contributed by atoms with Crippen LogP contribution in [-0.4, -0.2) is 25.2 Å². The maximum Gasteiger partial charge on any atom is 0.337 e. The summed E-state index contributed by atoms with van der Waals surface area (Å²) in [5.74, 6) is -0.675. The number of hydrazone groups is 1. The highest BCUT2D eigenvalue weighted by Gasteiger charge is 2.20. The van der Waals surface area contributed by atoms with Gasteiger partial charge in [-0.05, 0) is 72.0 Å². The van der Waals surface area contributed by atoms with Gasteiger partial charge in [0.15, 0.2) is 0 Å². The van der Waals surface area contributed by atoms with Crippen LogP contribution in [-0.2, 0) is 17.8 Å². The molecule has 0 atom stereocenters. The first-order valence-corrected chi connectivity index (χ1v) is 10.4. The molecule has 0 fully saturated rings. The molecule has 0 spiro atoms. The van der Waals surface area contributed by atoms with Gasteiger partial charge in [-0.25, -0.2) is 10.2 Å². The van der Waals surface area contributed by atoms with Crippen molar-refractivity contribution in [1.82, 2.24) is 5.43 Å². The molecule has 162 valence electrons. The number of hydrogen-bond acceptors (Lipinski definition) is 5. The van der Waals surface area contributed by atoms with E-state index in [-0.39, 0.29) is 5.91 Å². The van der Waals surface area contributed by atoms with Gasteiger partial charge in [0.25, 0.3) is 5.91 Å². The lowest BCUT2D eigenvalue weighted by atomic mass is 10.0. The van der Waals surface area contributed by atoms with Crippen molar-refractivity contribution >= 4 is 23.8 Å². The standard InChI is InChI=1S/C26H25N3O3/c1-17-11-22-15-29(16-23(22)12-18(17)2)24-6-4-5-21(13-24)25(30)28-27-14-19-7-9-20(10-8-19)26(31)32-3/h4-14H,15-16H2,1-3H3,(H,28,30)/b27-14-. The molecule has 32 heavy (non-hydrogen) atoms. The van der Waals surface area contributed by atoms with Crippen LogP contribution < -0.4 is 10.3 Å². The van der Waals surface area contributed by atoms with Crippen LogP contribution in [0.3, 0.4) is 0 Å². The first-order valence-electron chi connectivity index (χ1n) is 10.4. The number of aryl methyl sites for hydroxylation is 2. The fourth-order valence-corrected chi connectivity index (χ4v) is 3.78. The molecule has 0 aliphatic carbocycles. The van der Waals surface area contributed by atoms with E-state index < -0.39 is 5.97 Å². The molecule has 0 unspecified atom stereocenters. The summed E-state index contributed by atoms with van der Waals surface area (Å²) in [6.07, 6.45) is 1.53. The second-order valence-corrected chi connectivity index (χ2v) is 7.92. The lowest BCUT2D eigenvalue weighted by Gasteiger charge is -2.18. The van der Waals surface area contributed by atoms with Gasteiger partial charge in [0.2, 0.25) is 0 Å². The van der Waals surface area contributed by atoms with Gasteiger partial charge in [0.1, 0.15) is 0 Å². The highest BCUT2D eigenvalue weighted by atomic mass is 16.5. The van der Waals surface area contributed by atoms with Crippen molar-refractivity contribution in [1.29, 1.82) is 0 Å². The largest absolute Gasteiger partial charge is 0.465 e. The predicted molar refractivity (Wildman–Crippen MR) is 125 cm³/mol. The number of esters is 1. The fraction of sp³-hybridized carbons (Fsp3) is 0.192. The molecule has 3 aromatic carbocycles. The first-order chi connectivity index (χ1) is 15.4. The minimum atomic E-state index is -0.395. The average Bonchev–Trinajstić information content (AvgIpc) is 3.22. The number of rotatable bonds is 5. The minimum absolute atomic E-state index is 0.280. The molecule has 0 aromatic heterocycles. The predicted octanol–water partition coefficient (Wildman–Crippen LogP) is 4.37. The number of amides is 1. The Bertz CT molecular complexity index is 1170. The first kappa shape index (κ1) is 21.3. The molecule has 6 nitrogen and oxygen atoms in total. The number of anilines is 1. The van der Waals surface area contributed by atoms with Crippen LogP contribution in [0.1, 0.15) is 48.5 Å². The smallest absolute Gasteiger partial charge is 0.337 e. The SMILES string of the molecule is COC(=O)c1ccc(/C=N\NC(=O)c2cccc(N3Cc4cc(C)c(C)cc4C3)c2)cc1. The van der Waals surface area contributed by atoms with Crippen molar-refractivity contribution in [2.75, 3.05) is 12.0 Å². The number of nitrogens with zero attached hydrogens (tertiary/aromatic N) is 2. The van der Waals surface area contributed by atoms with Crippen LogP contribution in [0.5, 0.6) is 0 Å². The van der Waals surface area contributed by atoms with Crippen LogP contribution in [0.2, 0.25) is 0 Å². The highest BCUT2D eigenvalue weighted by Crippen LogP contribution is 2.30. The van der Waals surface area contributed by atoms with Gasteiger partial charge in [0, 0.05) is 24.3 Å². The molecule has 1 N–H and O–H groups in total. The third-order valence-electron chi connectivity index (χ3n) is 5.72. The number of hydrogen-bond donors (Lipinski definition) is 1. The van der Waals surface area contributed by atoms with E-state index in [4.69, 9.17) is 0 Å². The Labute approximate surface area is 187 Å². The van der Waals surface area contributed by atoms with Crippen LogP contribution in [0.15, 0.2) is 65.8 Å². The zero-order chi connectivity index (χ0) is 22.7. The summed E-state index contributed by atoms with van der Waals surface area (Å²) >= 11 is 0. The number of carbonyl (C=O) groups excluding carboxylic acids is 2. The molecule has 1 heterocycles. The van der Waals surface area contributed by atoms with Gasteiger partial charge in [-0.3, -0.25) is 4.79 Å².